The van der Waals surface area contributed by atoms with Gasteiger partial charge >= 0.3 is 0 Å². The highest BCUT2D eigenvalue weighted by atomic mass is 15.3. The zero-order valence-electron chi connectivity index (χ0n) is 14.3. The minimum atomic E-state index is 0.917. The van der Waals surface area contributed by atoms with Crippen LogP contribution in [0.15, 0.2) is 24.3 Å². The number of benzene rings is 1. The smallest absolute Gasteiger partial charge is 0.0367 e. The van der Waals surface area contributed by atoms with Crippen molar-refractivity contribution in [1.29, 1.82) is 0 Å². The summed E-state index contributed by atoms with van der Waals surface area (Å²) in [5.74, 6) is 0.917. The Bertz CT molecular complexity index is 440. The lowest BCUT2D eigenvalue weighted by atomic mass is 9.99. The van der Waals surface area contributed by atoms with Crippen LogP contribution in [-0.4, -0.2) is 55.6 Å². The van der Waals surface area contributed by atoms with Crippen molar-refractivity contribution in [3.63, 3.8) is 0 Å². The maximum absolute atomic E-state index is 2.61. The number of likely N-dealkylation sites (tertiary alicyclic amines) is 1. The van der Waals surface area contributed by atoms with E-state index in [-0.39, 0.29) is 0 Å². The Morgan fingerprint density at radius 1 is 0.864 bits per heavy atom. The Morgan fingerprint density at radius 3 is 2.09 bits per heavy atom. The van der Waals surface area contributed by atoms with Crippen LogP contribution in [0.3, 0.4) is 0 Å². The fraction of sp³-hybridized carbons (Fsp3) is 0.684. The maximum Gasteiger partial charge on any atom is 0.0367 e. The molecule has 1 aromatic rings. The van der Waals surface area contributed by atoms with Crippen LogP contribution >= 0.6 is 0 Å². The molecule has 0 aliphatic carbocycles. The molecule has 2 saturated heterocycles. The molecule has 0 amide bonds. The molecule has 122 valence electrons. The van der Waals surface area contributed by atoms with E-state index in [1.54, 1.807) is 0 Å². The van der Waals surface area contributed by atoms with Crippen molar-refractivity contribution in [2.45, 2.75) is 33.2 Å². The summed E-state index contributed by atoms with van der Waals surface area (Å²) in [5.41, 5.74) is 2.86. The number of piperazine rings is 1. The van der Waals surface area contributed by atoms with Gasteiger partial charge in [-0.15, -0.1) is 0 Å². The monoisotopic (exact) mass is 301 g/mol. The average Bonchev–Trinajstić information content (AvgIpc) is 2.58. The number of piperidine rings is 1. The van der Waals surface area contributed by atoms with Gasteiger partial charge in [0.2, 0.25) is 0 Å². The van der Waals surface area contributed by atoms with Gasteiger partial charge in [-0.05, 0) is 56.1 Å². The topological polar surface area (TPSA) is 9.72 Å². The summed E-state index contributed by atoms with van der Waals surface area (Å²) in [6, 6.07) is 9.31. The molecule has 2 aliphatic heterocycles. The molecule has 22 heavy (non-hydrogen) atoms. The van der Waals surface area contributed by atoms with Crippen LogP contribution in [0.2, 0.25) is 0 Å². The summed E-state index contributed by atoms with van der Waals surface area (Å²) >= 11 is 0. The first-order valence-electron chi connectivity index (χ1n) is 9.03. The number of hydrogen-bond acceptors (Lipinski definition) is 3. The van der Waals surface area contributed by atoms with Gasteiger partial charge in [0.1, 0.15) is 0 Å². The van der Waals surface area contributed by atoms with Crippen LogP contribution in [0.4, 0.5) is 5.69 Å². The van der Waals surface area contributed by atoms with Crippen LogP contribution in [0.5, 0.6) is 0 Å². The van der Waals surface area contributed by atoms with Gasteiger partial charge in [-0.2, -0.15) is 0 Å². The van der Waals surface area contributed by atoms with Gasteiger partial charge in [0.25, 0.3) is 0 Å². The number of hydrogen-bond donors (Lipinski definition) is 0. The lowest BCUT2D eigenvalue weighted by Gasteiger charge is -2.35. The van der Waals surface area contributed by atoms with Gasteiger partial charge in [-0.3, -0.25) is 4.90 Å². The summed E-state index contributed by atoms with van der Waals surface area (Å²) in [6.07, 6.45) is 2.72. The van der Waals surface area contributed by atoms with E-state index in [1.165, 1.54) is 56.8 Å². The minimum absolute atomic E-state index is 0.917. The first kappa shape index (κ1) is 15.8. The van der Waals surface area contributed by atoms with Gasteiger partial charge in [0.15, 0.2) is 0 Å². The second-order valence-electron chi connectivity index (χ2n) is 7.05. The molecule has 0 spiro atoms. The third-order valence-corrected chi connectivity index (χ3v) is 5.40. The Balaban J connectivity index is 1.52. The van der Waals surface area contributed by atoms with Crippen LogP contribution in [0.1, 0.15) is 32.3 Å². The number of anilines is 1. The highest BCUT2D eigenvalue weighted by Crippen LogP contribution is 2.21. The molecule has 3 heteroatoms. The van der Waals surface area contributed by atoms with E-state index in [0.29, 0.717) is 0 Å². The van der Waals surface area contributed by atoms with Gasteiger partial charge in [-0.25, -0.2) is 0 Å². The highest BCUT2D eigenvalue weighted by Gasteiger charge is 2.17. The van der Waals surface area contributed by atoms with Crippen molar-refractivity contribution in [1.82, 2.24) is 9.80 Å². The standard InChI is InChI=1S/C19H31N3/c1-3-20-12-14-22(15-13-20)19-6-4-18(5-7-19)16-21-10-8-17(2)9-11-21/h4-7,17H,3,8-16H2,1-2H3. The second kappa shape index (κ2) is 7.47. The van der Waals surface area contributed by atoms with Crippen molar-refractivity contribution in [3.8, 4) is 0 Å². The molecule has 0 radical (unpaired) electrons. The van der Waals surface area contributed by atoms with Gasteiger partial charge < -0.3 is 9.80 Å². The van der Waals surface area contributed by atoms with Crippen molar-refractivity contribution >= 4 is 5.69 Å². The zero-order valence-corrected chi connectivity index (χ0v) is 14.3. The molecular weight excluding hydrogens is 270 g/mol. The Morgan fingerprint density at radius 2 is 1.50 bits per heavy atom. The Labute approximate surface area is 135 Å². The largest absolute Gasteiger partial charge is 0.369 e. The Kier molecular flexibility index (Phi) is 5.37. The van der Waals surface area contributed by atoms with Crippen LogP contribution < -0.4 is 4.90 Å². The number of nitrogens with zero attached hydrogens (tertiary/aromatic N) is 3. The van der Waals surface area contributed by atoms with E-state index >= 15 is 0 Å². The third-order valence-electron chi connectivity index (χ3n) is 5.40. The van der Waals surface area contributed by atoms with Gasteiger partial charge in [-0.1, -0.05) is 26.0 Å². The van der Waals surface area contributed by atoms with E-state index in [2.05, 4.69) is 52.8 Å². The molecule has 0 saturated carbocycles. The molecule has 0 atom stereocenters. The molecule has 0 N–H and O–H groups in total. The molecule has 2 fully saturated rings. The molecule has 0 bridgehead atoms. The SMILES string of the molecule is CCN1CCN(c2ccc(CN3CCC(C)CC3)cc2)CC1. The van der Waals surface area contributed by atoms with Crippen molar-refractivity contribution in [2.24, 2.45) is 5.92 Å². The number of rotatable bonds is 4. The normalized spacial score (nSPS) is 22.2. The van der Waals surface area contributed by atoms with Crippen molar-refractivity contribution < 1.29 is 0 Å². The predicted molar refractivity (Wildman–Crippen MR) is 94.4 cm³/mol. The molecule has 3 rings (SSSR count). The minimum Gasteiger partial charge on any atom is -0.369 e. The van der Waals surface area contributed by atoms with E-state index < -0.39 is 0 Å². The van der Waals surface area contributed by atoms with Gasteiger partial charge in [0.05, 0.1) is 0 Å². The van der Waals surface area contributed by atoms with Crippen molar-refractivity contribution in [2.75, 3.05) is 50.7 Å². The van der Waals surface area contributed by atoms with E-state index in [0.717, 1.165) is 25.6 Å². The van der Waals surface area contributed by atoms with E-state index in [4.69, 9.17) is 0 Å². The van der Waals surface area contributed by atoms with Crippen LogP contribution in [0.25, 0.3) is 0 Å². The first-order valence-corrected chi connectivity index (χ1v) is 9.03. The zero-order chi connectivity index (χ0) is 15.4. The lowest BCUT2D eigenvalue weighted by Crippen LogP contribution is -2.46. The summed E-state index contributed by atoms with van der Waals surface area (Å²) < 4.78 is 0. The first-order chi connectivity index (χ1) is 10.7. The second-order valence-corrected chi connectivity index (χ2v) is 7.05. The van der Waals surface area contributed by atoms with Crippen molar-refractivity contribution in [3.05, 3.63) is 29.8 Å². The van der Waals surface area contributed by atoms with Crippen LogP contribution in [0, 0.1) is 5.92 Å². The Hall–Kier alpha value is -1.06. The third kappa shape index (κ3) is 4.02. The molecular formula is C19H31N3. The fourth-order valence-electron chi connectivity index (χ4n) is 3.61. The van der Waals surface area contributed by atoms with Gasteiger partial charge in [0, 0.05) is 38.4 Å². The quantitative estimate of drug-likeness (QED) is 0.846. The summed E-state index contributed by atoms with van der Waals surface area (Å²) in [7, 11) is 0. The number of likely N-dealkylation sites (N-methyl/N-ethyl adjacent to an activating group) is 1. The highest BCUT2D eigenvalue weighted by molar-refractivity contribution is 5.48. The van der Waals surface area contributed by atoms with Crippen LogP contribution in [-0.2, 0) is 6.54 Å². The molecule has 1 aromatic carbocycles. The van der Waals surface area contributed by atoms with E-state index in [1.807, 2.05) is 0 Å². The molecule has 2 aliphatic rings. The fourth-order valence-corrected chi connectivity index (χ4v) is 3.61. The molecule has 0 aromatic heterocycles. The molecule has 3 nitrogen and oxygen atoms in total. The maximum atomic E-state index is 2.61. The van der Waals surface area contributed by atoms with E-state index in [9.17, 15) is 0 Å². The lowest BCUT2D eigenvalue weighted by molar-refractivity contribution is 0.185. The summed E-state index contributed by atoms with van der Waals surface area (Å²) in [4.78, 5) is 7.66. The summed E-state index contributed by atoms with van der Waals surface area (Å²) in [6.45, 7) is 14.2. The molecule has 0 unspecified atom stereocenters. The summed E-state index contributed by atoms with van der Waals surface area (Å²) in [5, 5.41) is 0. The predicted octanol–water partition coefficient (Wildman–Crippen LogP) is 3.06. The molecule has 2 heterocycles. The average molecular weight is 301 g/mol.